The van der Waals surface area contributed by atoms with Crippen molar-refractivity contribution < 1.29 is 24.2 Å². The monoisotopic (exact) mass is 193 g/mol. The number of hydrogen-bond acceptors (Lipinski definition) is 5. The predicted octanol–water partition coefficient (Wildman–Crippen LogP) is 0.203. The molecule has 0 atom stereocenters. The molecule has 0 rings (SSSR count). The number of aliphatic carboxylic acids is 1. The van der Waals surface area contributed by atoms with Gasteiger partial charge in [-0.25, -0.2) is 0 Å². The molecule has 13 heavy (non-hydrogen) atoms. The normalized spacial score (nSPS) is 8.69. The third-order valence-corrected chi connectivity index (χ3v) is 1.09. The third kappa shape index (κ3) is 10.9. The van der Waals surface area contributed by atoms with Crippen LogP contribution in [0, 0.1) is 0 Å². The molecule has 0 heterocycles. The Morgan fingerprint density at radius 2 is 1.85 bits per heavy atom. The molecule has 0 aliphatic carbocycles. The average molecular weight is 193 g/mol. The molecule has 0 spiro atoms. The number of rotatable bonds is 6. The minimum absolute atomic E-state index is 0. The zero-order chi connectivity index (χ0) is 9.40. The largest absolute Gasteiger partial charge is 0.481 e. The van der Waals surface area contributed by atoms with Crippen LogP contribution in [0.5, 0.6) is 0 Å². The standard InChI is InChI=1S/C7H12O5.H3N/c1-11-4-5-12-7(10)3-2-6(8)9;/h2-5H2,1H3,(H,8,9);1H3. The van der Waals surface area contributed by atoms with Crippen molar-refractivity contribution in [1.29, 1.82) is 0 Å². The molecule has 6 nitrogen and oxygen atoms in total. The molecule has 6 heteroatoms. The van der Waals surface area contributed by atoms with Crippen molar-refractivity contribution in [2.24, 2.45) is 0 Å². The van der Waals surface area contributed by atoms with Gasteiger partial charge < -0.3 is 20.7 Å². The SMILES string of the molecule is COCCOC(=O)CCC(=O)O.N. The maximum Gasteiger partial charge on any atom is 0.306 e. The minimum atomic E-state index is -1.00. The fraction of sp³-hybridized carbons (Fsp3) is 0.714. The van der Waals surface area contributed by atoms with Gasteiger partial charge in [0.2, 0.25) is 0 Å². The van der Waals surface area contributed by atoms with Crippen LogP contribution in [0.2, 0.25) is 0 Å². The number of methoxy groups -OCH3 is 1. The van der Waals surface area contributed by atoms with E-state index in [1.54, 1.807) is 0 Å². The van der Waals surface area contributed by atoms with Gasteiger partial charge in [-0.3, -0.25) is 9.59 Å². The number of carbonyl (C=O) groups is 2. The summed E-state index contributed by atoms with van der Waals surface area (Å²) in [6, 6.07) is 0. The molecule has 0 aromatic heterocycles. The highest BCUT2D eigenvalue weighted by molar-refractivity contribution is 5.76. The van der Waals surface area contributed by atoms with E-state index in [-0.39, 0.29) is 25.6 Å². The highest BCUT2D eigenvalue weighted by Crippen LogP contribution is 1.92. The summed E-state index contributed by atoms with van der Waals surface area (Å²) in [6.45, 7) is 0.508. The molecule has 0 radical (unpaired) electrons. The zero-order valence-corrected chi connectivity index (χ0v) is 7.62. The summed E-state index contributed by atoms with van der Waals surface area (Å²) in [4.78, 5) is 20.7. The van der Waals surface area contributed by atoms with E-state index in [0.29, 0.717) is 6.61 Å². The van der Waals surface area contributed by atoms with Gasteiger partial charge in [0.1, 0.15) is 6.61 Å². The number of hydrogen-bond donors (Lipinski definition) is 2. The third-order valence-electron chi connectivity index (χ3n) is 1.09. The quantitative estimate of drug-likeness (QED) is 0.461. The number of esters is 1. The molecule has 0 unspecified atom stereocenters. The summed E-state index contributed by atoms with van der Waals surface area (Å²) in [5, 5.41) is 8.20. The first-order chi connectivity index (χ1) is 5.66. The van der Waals surface area contributed by atoms with E-state index in [1.807, 2.05) is 0 Å². The molecule has 0 aliphatic heterocycles. The number of carboxylic acids is 1. The molecule has 0 aliphatic rings. The van der Waals surface area contributed by atoms with Crippen molar-refractivity contribution >= 4 is 11.9 Å². The van der Waals surface area contributed by atoms with Crippen LogP contribution < -0.4 is 6.15 Å². The summed E-state index contributed by atoms with van der Waals surface area (Å²) in [5.41, 5.74) is 0. The van der Waals surface area contributed by atoms with Crippen LogP contribution in [0.1, 0.15) is 12.8 Å². The van der Waals surface area contributed by atoms with E-state index in [9.17, 15) is 9.59 Å². The van der Waals surface area contributed by atoms with Gasteiger partial charge in [0, 0.05) is 7.11 Å². The molecular formula is C7H15NO5. The summed E-state index contributed by atoms with van der Waals surface area (Å²) in [5.74, 6) is -1.51. The lowest BCUT2D eigenvalue weighted by molar-refractivity contribution is -0.148. The topological polar surface area (TPSA) is 108 Å². The van der Waals surface area contributed by atoms with E-state index in [1.165, 1.54) is 7.11 Å². The second-order valence-corrected chi connectivity index (χ2v) is 2.11. The van der Waals surface area contributed by atoms with Crippen molar-refractivity contribution in [3.8, 4) is 0 Å². The second kappa shape index (κ2) is 8.95. The molecule has 0 aromatic carbocycles. The van der Waals surface area contributed by atoms with Gasteiger partial charge >= 0.3 is 11.9 Å². The predicted molar refractivity (Wildman–Crippen MR) is 44.7 cm³/mol. The Labute approximate surface area is 76.4 Å². The zero-order valence-electron chi connectivity index (χ0n) is 7.62. The van der Waals surface area contributed by atoms with Gasteiger partial charge in [0.15, 0.2) is 0 Å². The lowest BCUT2D eigenvalue weighted by Crippen LogP contribution is -2.10. The summed E-state index contributed by atoms with van der Waals surface area (Å²) in [6.07, 6.45) is -0.273. The number of carboxylic acid groups (broad SMARTS) is 1. The molecule has 0 bridgehead atoms. The number of carbonyl (C=O) groups excluding carboxylic acids is 1. The Hall–Kier alpha value is -1.14. The molecule has 0 aromatic rings. The van der Waals surface area contributed by atoms with Crippen LogP contribution in [0.3, 0.4) is 0 Å². The van der Waals surface area contributed by atoms with Crippen LogP contribution in [-0.2, 0) is 19.1 Å². The summed E-state index contributed by atoms with van der Waals surface area (Å²) >= 11 is 0. The van der Waals surface area contributed by atoms with Gasteiger partial charge in [-0.05, 0) is 0 Å². The first-order valence-electron chi connectivity index (χ1n) is 3.53. The van der Waals surface area contributed by atoms with Gasteiger partial charge in [-0.15, -0.1) is 0 Å². The van der Waals surface area contributed by atoms with E-state index < -0.39 is 11.9 Å². The molecule has 0 amide bonds. The lowest BCUT2D eigenvalue weighted by Gasteiger charge is -2.01. The van der Waals surface area contributed by atoms with E-state index >= 15 is 0 Å². The Balaban J connectivity index is 0. The van der Waals surface area contributed by atoms with Gasteiger partial charge in [-0.1, -0.05) is 0 Å². The Morgan fingerprint density at radius 3 is 2.31 bits per heavy atom. The van der Waals surface area contributed by atoms with Crippen LogP contribution in [0.15, 0.2) is 0 Å². The molecular weight excluding hydrogens is 178 g/mol. The smallest absolute Gasteiger partial charge is 0.306 e. The van der Waals surface area contributed by atoms with Crippen molar-refractivity contribution in [3.05, 3.63) is 0 Å². The first-order valence-corrected chi connectivity index (χ1v) is 3.53. The van der Waals surface area contributed by atoms with Crippen LogP contribution in [0.25, 0.3) is 0 Å². The molecule has 0 saturated carbocycles. The maximum atomic E-state index is 10.7. The molecule has 4 N–H and O–H groups in total. The summed E-state index contributed by atoms with van der Waals surface area (Å²) in [7, 11) is 1.49. The van der Waals surface area contributed by atoms with Crippen molar-refractivity contribution in [3.63, 3.8) is 0 Å². The van der Waals surface area contributed by atoms with Crippen LogP contribution in [-0.4, -0.2) is 37.4 Å². The first kappa shape index (κ1) is 14.4. The van der Waals surface area contributed by atoms with E-state index in [4.69, 9.17) is 5.11 Å². The Morgan fingerprint density at radius 1 is 1.23 bits per heavy atom. The highest BCUT2D eigenvalue weighted by atomic mass is 16.6. The molecule has 0 saturated heterocycles. The summed E-state index contributed by atoms with van der Waals surface area (Å²) < 4.78 is 9.23. The average Bonchev–Trinajstić information content (AvgIpc) is 2.01. The molecule has 78 valence electrons. The van der Waals surface area contributed by atoms with Gasteiger partial charge in [0.05, 0.1) is 19.4 Å². The fourth-order valence-corrected chi connectivity index (χ4v) is 0.520. The minimum Gasteiger partial charge on any atom is -0.481 e. The highest BCUT2D eigenvalue weighted by Gasteiger charge is 2.05. The van der Waals surface area contributed by atoms with Crippen molar-refractivity contribution in [2.45, 2.75) is 12.8 Å². The van der Waals surface area contributed by atoms with Crippen molar-refractivity contribution in [2.75, 3.05) is 20.3 Å². The van der Waals surface area contributed by atoms with Gasteiger partial charge in [-0.2, -0.15) is 0 Å². The Bertz CT molecular complexity index is 159. The maximum absolute atomic E-state index is 10.7. The van der Waals surface area contributed by atoms with E-state index in [0.717, 1.165) is 0 Å². The molecule has 0 fully saturated rings. The van der Waals surface area contributed by atoms with E-state index in [2.05, 4.69) is 9.47 Å². The lowest BCUT2D eigenvalue weighted by atomic mass is 10.3. The fourth-order valence-electron chi connectivity index (χ4n) is 0.520. The van der Waals surface area contributed by atoms with Crippen molar-refractivity contribution in [1.82, 2.24) is 6.15 Å². The number of ether oxygens (including phenoxy) is 2. The van der Waals surface area contributed by atoms with Crippen LogP contribution in [0.4, 0.5) is 0 Å². The van der Waals surface area contributed by atoms with Crippen LogP contribution >= 0.6 is 0 Å². The Kier molecular flexibility index (Phi) is 9.91. The second-order valence-electron chi connectivity index (χ2n) is 2.11. The van der Waals surface area contributed by atoms with Gasteiger partial charge in [0.25, 0.3) is 0 Å².